The molecule has 1 aliphatic rings. The Balaban J connectivity index is 1.82. The molecule has 0 amide bonds. The van der Waals surface area contributed by atoms with Crippen molar-refractivity contribution in [1.29, 1.82) is 0 Å². The maximum Gasteiger partial charge on any atom is 0.338 e. The molecule has 2 rings (SSSR count). The molecule has 0 radical (unpaired) electrons. The quantitative estimate of drug-likeness (QED) is 0.851. The zero-order chi connectivity index (χ0) is 13.1. The third-order valence-electron chi connectivity index (χ3n) is 3.67. The minimum atomic E-state index is -0.946. The number of nitrogens with one attached hydrogen (secondary N) is 1. The molecule has 0 aromatic carbocycles. The first-order chi connectivity index (χ1) is 8.56. The third kappa shape index (κ3) is 3.11. The van der Waals surface area contributed by atoms with Gasteiger partial charge in [-0.15, -0.1) is 0 Å². The Morgan fingerprint density at radius 3 is 3.06 bits per heavy atom. The lowest BCUT2D eigenvalue weighted by atomic mass is 9.99. The van der Waals surface area contributed by atoms with Gasteiger partial charge in [0, 0.05) is 12.1 Å². The SMILES string of the molecule is CC1CC(NCc2cc(C(=O)O)co2)CCN1C. The van der Waals surface area contributed by atoms with Crippen molar-refractivity contribution in [2.75, 3.05) is 13.6 Å². The predicted octanol–water partition coefficient (Wildman–Crippen LogP) is 1.55. The standard InChI is InChI=1S/C13H20N2O3/c1-9-5-11(3-4-15(9)2)14-7-12-6-10(8-18-12)13(16)17/h6,8-9,11,14H,3-5,7H2,1-2H3,(H,16,17). The zero-order valence-corrected chi connectivity index (χ0v) is 10.8. The number of furan rings is 1. The van der Waals surface area contributed by atoms with Crippen molar-refractivity contribution in [3.63, 3.8) is 0 Å². The van der Waals surface area contributed by atoms with Crippen LogP contribution >= 0.6 is 0 Å². The summed E-state index contributed by atoms with van der Waals surface area (Å²) in [5.41, 5.74) is 0.212. The molecular weight excluding hydrogens is 232 g/mol. The summed E-state index contributed by atoms with van der Waals surface area (Å²) in [7, 11) is 2.15. The number of likely N-dealkylation sites (tertiary alicyclic amines) is 1. The Morgan fingerprint density at radius 2 is 2.44 bits per heavy atom. The van der Waals surface area contributed by atoms with Crippen LogP contribution in [0.15, 0.2) is 16.7 Å². The van der Waals surface area contributed by atoms with Crippen LogP contribution in [0.5, 0.6) is 0 Å². The summed E-state index contributed by atoms with van der Waals surface area (Å²) in [6.45, 7) is 3.91. The van der Waals surface area contributed by atoms with Crippen molar-refractivity contribution in [2.45, 2.75) is 38.4 Å². The summed E-state index contributed by atoms with van der Waals surface area (Å²) in [5.74, 6) is -0.267. The van der Waals surface area contributed by atoms with Gasteiger partial charge in [0.1, 0.15) is 12.0 Å². The molecule has 2 unspecified atom stereocenters. The van der Waals surface area contributed by atoms with Crippen LogP contribution in [0.1, 0.15) is 35.9 Å². The number of piperidine rings is 1. The van der Waals surface area contributed by atoms with Crippen molar-refractivity contribution in [3.05, 3.63) is 23.7 Å². The van der Waals surface area contributed by atoms with Crippen LogP contribution in [0.3, 0.4) is 0 Å². The van der Waals surface area contributed by atoms with Gasteiger partial charge in [0.05, 0.1) is 12.1 Å². The molecule has 1 aromatic heterocycles. The number of hydrogen-bond donors (Lipinski definition) is 2. The number of rotatable bonds is 4. The highest BCUT2D eigenvalue weighted by Crippen LogP contribution is 2.16. The van der Waals surface area contributed by atoms with Gasteiger partial charge in [-0.1, -0.05) is 0 Å². The first-order valence-corrected chi connectivity index (χ1v) is 6.30. The Morgan fingerprint density at radius 1 is 1.67 bits per heavy atom. The van der Waals surface area contributed by atoms with Crippen LogP contribution < -0.4 is 5.32 Å². The summed E-state index contributed by atoms with van der Waals surface area (Å²) in [6.07, 6.45) is 3.52. The molecule has 0 aliphatic carbocycles. The summed E-state index contributed by atoms with van der Waals surface area (Å²) in [6, 6.07) is 2.64. The normalized spacial score (nSPS) is 25.2. The van der Waals surface area contributed by atoms with Crippen LogP contribution in [0.2, 0.25) is 0 Å². The fourth-order valence-electron chi connectivity index (χ4n) is 2.31. The number of nitrogens with zero attached hydrogens (tertiary/aromatic N) is 1. The molecule has 100 valence electrons. The van der Waals surface area contributed by atoms with E-state index >= 15 is 0 Å². The summed E-state index contributed by atoms with van der Waals surface area (Å²) in [5, 5.41) is 12.2. The average molecular weight is 252 g/mol. The summed E-state index contributed by atoms with van der Waals surface area (Å²) < 4.78 is 5.21. The smallest absolute Gasteiger partial charge is 0.338 e. The average Bonchev–Trinajstić information content (AvgIpc) is 2.79. The van der Waals surface area contributed by atoms with E-state index < -0.39 is 5.97 Å². The van der Waals surface area contributed by atoms with Gasteiger partial charge in [0.2, 0.25) is 0 Å². The fraction of sp³-hybridized carbons (Fsp3) is 0.615. The number of hydrogen-bond acceptors (Lipinski definition) is 4. The Bertz CT molecular complexity index is 416. The van der Waals surface area contributed by atoms with Crippen LogP contribution in [0.25, 0.3) is 0 Å². The van der Waals surface area contributed by atoms with E-state index in [0.29, 0.717) is 24.4 Å². The molecule has 0 spiro atoms. The van der Waals surface area contributed by atoms with Crippen LogP contribution in [0.4, 0.5) is 0 Å². The van der Waals surface area contributed by atoms with E-state index in [-0.39, 0.29) is 5.56 Å². The first-order valence-electron chi connectivity index (χ1n) is 6.30. The first kappa shape index (κ1) is 13.1. The molecule has 1 aromatic rings. The molecule has 1 saturated heterocycles. The monoisotopic (exact) mass is 252 g/mol. The molecule has 0 saturated carbocycles. The maximum absolute atomic E-state index is 10.7. The van der Waals surface area contributed by atoms with E-state index in [4.69, 9.17) is 9.52 Å². The van der Waals surface area contributed by atoms with Crippen molar-refractivity contribution in [1.82, 2.24) is 10.2 Å². The lowest BCUT2D eigenvalue weighted by molar-refractivity contribution is 0.0696. The summed E-state index contributed by atoms with van der Waals surface area (Å²) in [4.78, 5) is 13.1. The van der Waals surface area contributed by atoms with Crippen LogP contribution in [0, 0.1) is 0 Å². The van der Waals surface area contributed by atoms with E-state index in [1.54, 1.807) is 6.07 Å². The zero-order valence-electron chi connectivity index (χ0n) is 10.8. The van der Waals surface area contributed by atoms with Gasteiger partial charge >= 0.3 is 5.97 Å². The van der Waals surface area contributed by atoms with Crippen LogP contribution in [-0.2, 0) is 6.54 Å². The molecule has 1 aliphatic heterocycles. The fourth-order valence-corrected chi connectivity index (χ4v) is 2.31. The second-order valence-corrected chi connectivity index (χ2v) is 5.04. The van der Waals surface area contributed by atoms with E-state index in [9.17, 15) is 4.79 Å². The van der Waals surface area contributed by atoms with E-state index in [1.165, 1.54) is 6.26 Å². The second kappa shape index (κ2) is 5.54. The molecule has 2 atom stereocenters. The Labute approximate surface area is 107 Å². The third-order valence-corrected chi connectivity index (χ3v) is 3.67. The predicted molar refractivity (Wildman–Crippen MR) is 67.6 cm³/mol. The number of carboxylic acids is 1. The largest absolute Gasteiger partial charge is 0.478 e. The molecule has 2 N–H and O–H groups in total. The maximum atomic E-state index is 10.7. The van der Waals surface area contributed by atoms with E-state index in [2.05, 4.69) is 24.2 Å². The molecule has 18 heavy (non-hydrogen) atoms. The topological polar surface area (TPSA) is 65.7 Å². The van der Waals surface area contributed by atoms with Gasteiger partial charge in [-0.25, -0.2) is 4.79 Å². The Kier molecular flexibility index (Phi) is 4.04. The van der Waals surface area contributed by atoms with Crippen molar-refractivity contribution in [2.24, 2.45) is 0 Å². The van der Waals surface area contributed by atoms with Gasteiger partial charge in [0.15, 0.2) is 0 Å². The number of carbonyl (C=O) groups is 1. The molecular formula is C13H20N2O3. The van der Waals surface area contributed by atoms with Gasteiger partial charge in [-0.05, 0) is 39.4 Å². The Hall–Kier alpha value is -1.33. The highest BCUT2D eigenvalue weighted by Gasteiger charge is 2.22. The van der Waals surface area contributed by atoms with Gasteiger partial charge in [-0.3, -0.25) is 0 Å². The molecule has 2 heterocycles. The van der Waals surface area contributed by atoms with E-state index in [0.717, 1.165) is 19.4 Å². The molecule has 5 heteroatoms. The van der Waals surface area contributed by atoms with Crippen LogP contribution in [-0.4, -0.2) is 41.7 Å². The molecule has 1 fully saturated rings. The van der Waals surface area contributed by atoms with Crippen molar-refractivity contribution in [3.8, 4) is 0 Å². The van der Waals surface area contributed by atoms with Gasteiger partial charge in [0.25, 0.3) is 0 Å². The van der Waals surface area contributed by atoms with Crippen molar-refractivity contribution >= 4 is 5.97 Å². The lowest BCUT2D eigenvalue weighted by Gasteiger charge is -2.35. The molecule has 0 bridgehead atoms. The highest BCUT2D eigenvalue weighted by molar-refractivity contribution is 5.87. The van der Waals surface area contributed by atoms with E-state index in [1.807, 2.05) is 0 Å². The molecule has 5 nitrogen and oxygen atoms in total. The lowest BCUT2D eigenvalue weighted by Crippen LogP contribution is -2.45. The minimum Gasteiger partial charge on any atom is -0.478 e. The summed E-state index contributed by atoms with van der Waals surface area (Å²) >= 11 is 0. The van der Waals surface area contributed by atoms with Gasteiger partial charge in [-0.2, -0.15) is 0 Å². The number of aromatic carboxylic acids is 1. The second-order valence-electron chi connectivity index (χ2n) is 5.04. The minimum absolute atomic E-state index is 0.212. The van der Waals surface area contributed by atoms with Crippen molar-refractivity contribution < 1.29 is 14.3 Å². The number of carboxylic acid groups (broad SMARTS) is 1. The van der Waals surface area contributed by atoms with Gasteiger partial charge < -0.3 is 19.7 Å². The highest BCUT2D eigenvalue weighted by atomic mass is 16.4.